The van der Waals surface area contributed by atoms with Gasteiger partial charge in [-0.1, -0.05) is 6.92 Å². The van der Waals surface area contributed by atoms with Crippen LogP contribution in [0.4, 0.5) is 0 Å². The number of nitriles is 1. The van der Waals surface area contributed by atoms with Gasteiger partial charge in [0, 0.05) is 6.61 Å². The maximum absolute atomic E-state index is 11.1. The number of hydrogen-bond acceptors (Lipinski definition) is 4. The van der Waals surface area contributed by atoms with Crippen LogP contribution in [-0.4, -0.2) is 25.3 Å². The molecule has 0 aromatic rings. The molecule has 0 saturated carbocycles. The highest BCUT2D eigenvalue weighted by atomic mass is 16.6. The van der Waals surface area contributed by atoms with Gasteiger partial charge >= 0.3 is 5.97 Å². The number of rotatable bonds is 2. The Hall–Kier alpha value is -1.08. The summed E-state index contributed by atoms with van der Waals surface area (Å²) in [6, 6.07) is 1.74. The number of carbonyl (C=O) groups is 1. The average Bonchev–Trinajstić information content (AvgIpc) is 2.47. The second-order valence-corrected chi connectivity index (χ2v) is 2.82. The van der Waals surface area contributed by atoms with Crippen LogP contribution in [0, 0.1) is 17.2 Å². The van der Waals surface area contributed by atoms with Crippen LogP contribution in [0.15, 0.2) is 0 Å². The van der Waals surface area contributed by atoms with Crippen LogP contribution < -0.4 is 0 Å². The fourth-order valence-corrected chi connectivity index (χ4v) is 1.18. The Morgan fingerprint density at radius 1 is 1.83 bits per heavy atom. The summed E-state index contributed by atoms with van der Waals surface area (Å²) in [6.45, 7) is 2.35. The molecule has 1 saturated heterocycles. The van der Waals surface area contributed by atoms with Crippen LogP contribution in [-0.2, 0) is 14.3 Å². The molecule has 1 heterocycles. The van der Waals surface area contributed by atoms with Gasteiger partial charge in [-0.25, -0.2) is 4.79 Å². The van der Waals surface area contributed by atoms with Crippen LogP contribution in [0.3, 0.4) is 0 Å². The van der Waals surface area contributed by atoms with Crippen molar-refractivity contribution in [3.8, 4) is 6.07 Å². The molecule has 2 atom stereocenters. The maximum Gasteiger partial charge on any atom is 0.336 e. The van der Waals surface area contributed by atoms with Gasteiger partial charge in [-0.15, -0.1) is 0 Å². The van der Waals surface area contributed by atoms with E-state index in [1.165, 1.54) is 0 Å². The average molecular weight is 169 g/mol. The van der Waals surface area contributed by atoms with Crippen LogP contribution in [0.25, 0.3) is 0 Å². The number of esters is 1. The minimum Gasteiger partial charge on any atom is -0.448 e. The fourth-order valence-electron chi connectivity index (χ4n) is 1.18. The minimum atomic E-state index is -0.460. The Bertz CT molecular complexity index is 209. The molecule has 66 valence electrons. The van der Waals surface area contributed by atoms with Crippen molar-refractivity contribution in [2.75, 3.05) is 13.2 Å². The second-order valence-electron chi connectivity index (χ2n) is 2.82. The Kier molecular flexibility index (Phi) is 3.06. The summed E-state index contributed by atoms with van der Waals surface area (Å²) in [5.41, 5.74) is 0. The highest BCUT2D eigenvalue weighted by molar-refractivity contribution is 5.75. The van der Waals surface area contributed by atoms with Crippen molar-refractivity contribution in [3.63, 3.8) is 0 Å². The molecule has 0 aromatic carbocycles. The van der Waals surface area contributed by atoms with Crippen molar-refractivity contribution in [3.05, 3.63) is 0 Å². The first-order chi connectivity index (χ1) is 5.75. The quantitative estimate of drug-likeness (QED) is 0.564. The molecule has 12 heavy (non-hydrogen) atoms. The van der Waals surface area contributed by atoms with Gasteiger partial charge in [0.15, 0.2) is 12.7 Å². The van der Waals surface area contributed by atoms with Gasteiger partial charge in [-0.3, -0.25) is 0 Å². The SMILES string of the molecule is CC1CCOC1C(=O)OCC#N. The van der Waals surface area contributed by atoms with Crippen LogP contribution in [0.2, 0.25) is 0 Å². The summed E-state index contributed by atoms with van der Waals surface area (Å²) in [5.74, 6) is -0.210. The van der Waals surface area contributed by atoms with E-state index >= 15 is 0 Å². The van der Waals surface area contributed by atoms with E-state index in [4.69, 9.17) is 10.00 Å². The zero-order valence-corrected chi connectivity index (χ0v) is 6.95. The summed E-state index contributed by atoms with van der Waals surface area (Å²) in [7, 11) is 0. The third-order valence-corrected chi connectivity index (χ3v) is 1.90. The molecule has 0 aromatic heterocycles. The Morgan fingerprint density at radius 2 is 2.58 bits per heavy atom. The molecule has 2 unspecified atom stereocenters. The molecule has 0 spiro atoms. The molecule has 0 N–H and O–H groups in total. The maximum atomic E-state index is 11.1. The molecule has 4 nitrogen and oxygen atoms in total. The van der Waals surface area contributed by atoms with Crippen LogP contribution in [0.5, 0.6) is 0 Å². The zero-order chi connectivity index (χ0) is 8.97. The number of carbonyl (C=O) groups excluding carboxylic acids is 1. The summed E-state index contributed by atoms with van der Waals surface area (Å²) in [5, 5.41) is 8.16. The lowest BCUT2D eigenvalue weighted by Gasteiger charge is -2.11. The summed E-state index contributed by atoms with van der Waals surface area (Å²) >= 11 is 0. The topological polar surface area (TPSA) is 59.3 Å². The number of nitrogens with zero attached hydrogens (tertiary/aromatic N) is 1. The van der Waals surface area contributed by atoms with E-state index in [2.05, 4.69) is 4.74 Å². The Labute approximate surface area is 71.1 Å². The van der Waals surface area contributed by atoms with E-state index in [-0.39, 0.29) is 12.5 Å². The van der Waals surface area contributed by atoms with Gasteiger partial charge in [-0.2, -0.15) is 5.26 Å². The highest BCUT2D eigenvalue weighted by Gasteiger charge is 2.31. The molecule has 4 heteroatoms. The second kappa shape index (κ2) is 4.07. The number of ether oxygens (including phenoxy) is 2. The largest absolute Gasteiger partial charge is 0.448 e. The monoisotopic (exact) mass is 169 g/mol. The van der Waals surface area contributed by atoms with Gasteiger partial charge < -0.3 is 9.47 Å². The first kappa shape index (κ1) is 9.01. The summed E-state index contributed by atoms with van der Waals surface area (Å²) in [4.78, 5) is 11.1. The van der Waals surface area contributed by atoms with Crippen molar-refractivity contribution >= 4 is 5.97 Å². The smallest absolute Gasteiger partial charge is 0.336 e. The van der Waals surface area contributed by atoms with E-state index in [1.54, 1.807) is 6.07 Å². The van der Waals surface area contributed by atoms with Crippen molar-refractivity contribution in [1.82, 2.24) is 0 Å². The molecular formula is C8H11NO3. The van der Waals surface area contributed by atoms with Crippen molar-refractivity contribution in [2.24, 2.45) is 5.92 Å². The van der Waals surface area contributed by atoms with Crippen LogP contribution in [0.1, 0.15) is 13.3 Å². The molecule has 1 rings (SSSR count). The van der Waals surface area contributed by atoms with Gasteiger partial charge in [0.25, 0.3) is 0 Å². The van der Waals surface area contributed by atoms with Crippen molar-refractivity contribution in [1.29, 1.82) is 5.26 Å². The predicted octanol–water partition coefficient (Wildman–Crippen LogP) is 0.478. The lowest BCUT2D eigenvalue weighted by atomic mass is 10.1. The lowest BCUT2D eigenvalue weighted by molar-refractivity contribution is -0.154. The third-order valence-electron chi connectivity index (χ3n) is 1.90. The van der Waals surface area contributed by atoms with Crippen molar-refractivity contribution in [2.45, 2.75) is 19.4 Å². The van der Waals surface area contributed by atoms with E-state index in [0.29, 0.717) is 6.61 Å². The molecule has 1 fully saturated rings. The van der Waals surface area contributed by atoms with E-state index in [9.17, 15) is 4.79 Å². The lowest BCUT2D eigenvalue weighted by Crippen LogP contribution is -2.27. The normalized spacial score (nSPS) is 28.0. The van der Waals surface area contributed by atoms with E-state index in [0.717, 1.165) is 6.42 Å². The van der Waals surface area contributed by atoms with Gasteiger partial charge in [0.05, 0.1) is 0 Å². The van der Waals surface area contributed by atoms with Gasteiger partial charge in [0.1, 0.15) is 6.07 Å². The van der Waals surface area contributed by atoms with Crippen LogP contribution >= 0.6 is 0 Å². The molecule has 1 aliphatic rings. The summed E-state index contributed by atoms with van der Waals surface area (Å²) < 4.78 is 9.76. The predicted molar refractivity (Wildman–Crippen MR) is 40.1 cm³/mol. The summed E-state index contributed by atoms with van der Waals surface area (Å²) in [6.07, 6.45) is 0.421. The highest BCUT2D eigenvalue weighted by Crippen LogP contribution is 2.20. The molecule has 0 bridgehead atoms. The Morgan fingerprint density at radius 3 is 3.08 bits per heavy atom. The molecule has 0 aliphatic carbocycles. The third kappa shape index (κ3) is 1.95. The first-order valence-corrected chi connectivity index (χ1v) is 3.91. The first-order valence-electron chi connectivity index (χ1n) is 3.91. The Balaban J connectivity index is 2.37. The molecule has 0 radical (unpaired) electrons. The van der Waals surface area contributed by atoms with Crippen molar-refractivity contribution < 1.29 is 14.3 Å². The molecule has 0 amide bonds. The number of hydrogen-bond donors (Lipinski definition) is 0. The van der Waals surface area contributed by atoms with Gasteiger partial charge in [-0.05, 0) is 12.3 Å². The van der Waals surface area contributed by atoms with Gasteiger partial charge in [0.2, 0.25) is 0 Å². The fraction of sp³-hybridized carbons (Fsp3) is 0.750. The minimum absolute atomic E-state index is 0.189. The molecule has 1 aliphatic heterocycles. The molecular weight excluding hydrogens is 158 g/mol. The van der Waals surface area contributed by atoms with E-state index in [1.807, 2.05) is 6.92 Å². The van der Waals surface area contributed by atoms with E-state index < -0.39 is 12.1 Å². The zero-order valence-electron chi connectivity index (χ0n) is 6.95. The standard InChI is InChI=1S/C8H11NO3/c1-6-2-4-11-7(6)8(10)12-5-3-9/h6-7H,2,4-5H2,1H3.